The topological polar surface area (TPSA) is 32.8 Å². The van der Waals surface area contributed by atoms with Gasteiger partial charge in [-0.25, -0.2) is 4.79 Å². The summed E-state index contributed by atoms with van der Waals surface area (Å²) < 4.78 is 6.95. The standard InChI is InChI=1S/C38H40N2O2/c41-36-26-12-2-3-15-29(26)38(42-36)30-22-24-10-6-18-39-20-8-13-27(34(24)39)32(30)37(16-4-1-5-17-37)33-28-14-9-21-40-19-7-11-25(35(28)40)23-31(33)38/h2-3,12,15,22-23H,1,4-11,13-14,16-21H2. The molecule has 0 bridgehead atoms. The molecule has 0 atom stereocenters. The Hall–Kier alpha value is -3.27. The van der Waals surface area contributed by atoms with Gasteiger partial charge >= 0.3 is 5.97 Å². The Balaban J connectivity index is 1.40. The average molecular weight is 557 g/mol. The third-order valence-electron chi connectivity index (χ3n) is 12.2. The zero-order valence-electron chi connectivity index (χ0n) is 24.7. The Bertz CT molecular complexity index is 1610. The first-order valence-corrected chi connectivity index (χ1v) is 16.9. The first-order valence-electron chi connectivity index (χ1n) is 16.9. The first-order chi connectivity index (χ1) is 20.7. The van der Waals surface area contributed by atoms with Crippen LogP contribution in [0.4, 0.5) is 11.4 Å². The van der Waals surface area contributed by atoms with E-state index in [1.807, 2.05) is 12.1 Å². The maximum absolute atomic E-state index is 13.9. The van der Waals surface area contributed by atoms with Gasteiger partial charge in [0.25, 0.3) is 0 Å². The number of carbonyl (C=O) groups is 1. The monoisotopic (exact) mass is 556 g/mol. The number of nitrogens with zero attached hydrogens (tertiary/aromatic N) is 2. The summed E-state index contributed by atoms with van der Waals surface area (Å²) in [6, 6.07) is 13.5. The molecular weight excluding hydrogens is 516 g/mol. The van der Waals surface area contributed by atoms with Crippen molar-refractivity contribution in [3.05, 3.63) is 92.0 Å². The van der Waals surface area contributed by atoms with E-state index in [0.29, 0.717) is 0 Å². The molecule has 1 saturated carbocycles. The number of ether oxygens (including phenoxy) is 1. The van der Waals surface area contributed by atoms with Gasteiger partial charge in [0.1, 0.15) is 0 Å². The lowest BCUT2D eigenvalue weighted by Crippen LogP contribution is -2.49. The molecule has 3 aromatic carbocycles. The van der Waals surface area contributed by atoms with Gasteiger partial charge in [0.2, 0.25) is 0 Å². The van der Waals surface area contributed by atoms with Crippen molar-refractivity contribution in [1.82, 2.24) is 0 Å². The van der Waals surface area contributed by atoms with E-state index < -0.39 is 5.60 Å². The number of carbonyl (C=O) groups excluding carboxylic acids is 1. The molecule has 0 unspecified atom stereocenters. The smallest absolute Gasteiger partial charge is 0.340 e. The SMILES string of the molecule is O=C1OC2(c3ccccc31)c1cc3c4c(c1C1(CCCCC1)c1c2cc2c5c1CCCN5CCC2)CCCN4CCC3. The van der Waals surface area contributed by atoms with E-state index >= 15 is 0 Å². The quantitative estimate of drug-likeness (QED) is 0.276. The van der Waals surface area contributed by atoms with Gasteiger partial charge in [-0.15, -0.1) is 0 Å². The molecule has 0 N–H and O–H groups in total. The second-order valence-corrected chi connectivity index (χ2v) is 14.2. The predicted octanol–water partition coefficient (Wildman–Crippen LogP) is 7.11. The fourth-order valence-electron chi connectivity index (χ4n) is 10.9. The minimum absolute atomic E-state index is 0.00769. The zero-order valence-corrected chi connectivity index (χ0v) is 24.7. The van der Waals surface area contributed by atoms with Crippen molar-refractivity contribution >= 4 is 17.3 Å². The Morgan fingerprint density at radius 3 is 1.76 bits per heavy atom. The van der Waals surface area contributed by atoms with E-state index in [0.717, 1.165) is 36.8 Å². The highest BCUT2D eigenvalue weighted by atomic mass is 16.6. The van der Waals surface area contributed by atoms with E-state index in [1.54, 1.807) is 33.6 Å². The van der Waals surface area contributed by atoms with Crippen LogP contribution < -0.4 is 9.80 Å². The van der Waals surface area contributed by atoms with E-state index in [4.69, 9.17) is 4.74 Å². The number of fused-ring (bicyclic) bond motifs is 10. The zero-order chi connectivity index (χ0) is 27.6. The average Bonchev–Trinajstić information content (AvgIpc) is 3.34. The predicted molar refractivity (Wildman–Crippen MR) is 166 cm³/mol. The molecule has 5 heterocycles. The van der Waals surface area contributed by atoms with E-state index in [-0.39, 0.29) is 11.4 Å². The van der Waals surface area contributed by atoms with Gasteiger partial charge < -0.3 is 14.5 Å². The highest BCUT2D eigenvalue weighted by molar-refractivity contribution is 5.97. The van der Waals surface area contributed by atoms with E-state index in [2.05, 4.69) is 34.1 Å². The summed E-state index contributed by atoms with van der Waals surface area (Å²) in [5.41, 5.74) is 16.1. The normalized spacial score (nSPS) is 23.6. The van der Waals surface area contributed by atoms with Crippen LogP contribution in [0.3, 0.4) is 0 Å². The van der Waals surface area contributed by atoms with Crippen molar-refractivity contribution in [2.45, 2.75) is 94.5 Å². The largest absolute Gasteiger partial charge is 0.441 e. The van der Waals surface area contributed by atoms with Crippen molar-refractivity contribution < 1.29 is 9.53 Å². The highest BCUT2D eigenvalue weighted by Gasteiger charge is 2.60. The number of aryl methyl sites for hydroxylation is 2. The maximum Gasteiger partial charge on any atom is 0.340 e. The third kappa shape index (κ3) is 2.83. The van der Waals surface area contributed by atoms with Crippen LogP contribution in [0.5, 0.6) is 0 Å². The molecule has 214 valence electrons. The summed E-state index contributed by atoms with van der Waals surface area (Å²) >= 11 is 0. The molecule has 3 aromatic rings. The molecule has 10 rings (SSSR count). The van der Waals surface area contributed by atoms with Gasteiger partial charge in [0.15, 0.2) is 5.60 Å². The van der Waals surface area contributed by atoms with Crippen LogP contribution in [-0.2, 0) is 41.4 Å². The van der Waals surface area contributed by atoms with Crippen LogP contribution in [0.15, 0.2) is 36.4 Å². The van der Waals surface area contributed by atoms with Crippen LogP contribution in [0.1, 0.15) is 118 Å². The summed E-state index contributed by atoms with van der Waals surface area (Å²) in [5, 5.41) is 0. The van der Waals surface area contributed by atoms with Gasteiger partial charge in [-0.2, -0.15) is 0 Å². The van der Waals surface area contributed by atoms with Gasteiger partial charge in [-0.3, -0.25) is 0 Å². The number of benzene rings is 3. The molecule has 1 fully saturated rings. The fraction of sp³-hybridized carbons (Fsp3) is 0.500. The molecule has 4 heteroatoms. The van der Waals surface area contributed by atoms with Crippen LogP contribution in [0.25, 0.3) is 0 Å². The second-order valence-electron chi connectivity index (χ2n) is 14.2. The summed E-state index contributed by atoms with van der Waals surface area (Å²) in [6.45, 7) is 4.72. The molecule has 2 aliphatic carbocycles. The van der Waals surface area contributed by atoms with Crippen molar-refractivity contribution in [3.63, 3.8) is 0 Å². The van der Waals surface area contributed by atoms with Crippen molar-refractivity contribution in [1.29, 1.82) is 0 Å². The molecule has 42 heavy (non-hydrogen) atoms. The maximum atomic E-state index is 13.9. The molecule has 0 aromatic heterocycles. The minimum atomic E-state index is -0.850. The Labute approximate surface area is 249 Å². The molecular formula is C38H40N2O2. The Morgan fingerprint density at radius 1 is 0.619 bits per heavy atom. The van der Waals surface area contributed by atoms with Gasteiger partial charge in [-0.1, -0.05) is 37.5 Å². The van der Waals surface area contributed by atoms with E-state index in [9.17, 15) is 4.79 Å². The van der Waals surface area contributed by atoms with Crippen LogP contribution in [0.2, 0.25) is 0 Å². The Kier molecular flexibility index (Phi) is 4.85. The second kappa shape index (κ2) is 8.42. The number of hydrogen-bond donors (Lipinski definition) is 0. The molecule has 0 saturated heterocycles. The van der Waals surface area contributed by atoms with Gasteiger partial charge in [-0.05, 0) is 116 Å². The summed E-state index contributed by atoms with van der Waals surface area (Å²) in [7, 11) is 0. The van der Waals surface area contributed by atoms with Crippen molar-refractivity contribution in [3.8, 4) is 0 Å². The molecule has 5 aliphatic heterocycles. The fourth-order valence-corrected chi connectivity index (χ4v) is 10.9. The highest BCUT2D eigenvalue weighted by Crippen LogP contribution is 2.64. The lowest BCUT2D eigenvalue weighted by Gasteiger charge is -2.54. The molecule has 0 radical (unpaired) electrons. The molecule has 4 nitrogen and oxygen atoms in total. The summed E-state index contributed by atoms with van der Waals surface area (Å²) in [4.78, 5) is 19.3. The number of rotatable bonds is 0. The lowest BCUT2D eigenvalue weighted by molar-refractivity contribution is 0.0223. The summed E-state index contributed by atoms with van der Waals surface area (Å²) in [5.74, 6) is -0.150. The van der Waals surface area contributed by atoms with Crippen LogP contribution >= 0.6 is 0 Å². The van der Waals surface area contributed by atoms with Crippen molar-refractivity contribution in [2.24, 2.45) is 0 Å². The molecule has 2 spiro atoms. The number of esters is 1. The molecule has 0 amide bonds. The third-order valence-corrected chi connectivity index (χ3v) is 12.2. The number of hydrogen-bond acceptors (Lipinski definition) is 4. The lowest BCUT2D eigenvalue weighted by atomic mass is 9.52. The minimum Gasteiger partial charge on any atom is -0.441 e. The Morgan fingerprint density at radius 2 is 1.17 bits per heavy atom. The first kappa shape index (κ1) is 24.2. The van der Waals surface area contributed by atoms with Crippen LogP contribution in [-0.4, -0.2) is 32.1 Å². The van der Waals surface area contributed by atoms with Gasteiger partial charge in [0, 0.05) is 59.7 Å². The number of anilines is 2. The van der Waals surface area contributed by atoms with Crippen molar-refractivity contribution in [2.75, 3.05) is 36.0 Å². The van der Waals surface area contributed by atoms with Crippen LogP contribution in [0, 0.1) is 0 Å². The van der Waals surface area contributed by atoms with Gasteiger partial charge in [0.05, 0.1) is 5.56 Å². The summed E-state index contributed by atoms with van der Waals surface area (Å²) in [6.07, 6.45) is 15.7. The van der Waals surface area contributed by atoms with E-state index in [1.165, 1.54) is 106 Å². The molecule has 7 aliphatic rings.